The first kappa shape index (κ1) is 25.6. The SMILES string of the molecule is COc1c(-c2ncn(C)n2)cccc1N(C(=O)OC(C)(C)C)c1c(Br)cnc2c1nc(C1CC1)n2C(=O)O. The summed E-state index contributed by atoms with van der Waals surface area (Å²) in [5.41, 5.74) is 0.676. The van der Waals surface area contributed by atoms with Crippen LogP contribution < -0.4 is 9.64 Å². The van der Waals surface area contributed by atoms with Gasteiger partial charge in [0.1, 0.15) is 23.3 Å². The molecule has 0 saturated heterocycles. The third-order valence-electron chi connectivity index (χ3n) is 5.84. The van der Waals surface area contributed by atoms with Crippen molar-refractivity contribution in [1.29, 1.82) is 0 Å². The van der Waals surface area contributed by atoms with Gasteiger partial charge in [0.05, 0.1) is 28.5 Å². The standard InChI is InChI=1S/C25H26BrN7O5/c1-25(2,3)38-24(36)32(16-8-6-7-14(19(16)37-5)20-28-12-31(4)30-20)18-15(26)11-27-22-17(18)29-21(13-9-10-13)33(22)23(34)35/h6-8,11-13H,9-10H2,1-5H3,(H,34,35). The summed E-state index contributed by atoms with van der Waals surface area (Å²) >= 11 is 3.52. The number of anilines is 2. The Labute approximate surface area is 226 Å². The second-order valence-corrected chi connectivity index (χ2v) is 10.8. The number of halogens is 1. The monoisotopic (exact) mass is 583 g/mol. The number of hydrogen-bond acceptors (Lipinski definition) is 8. The summed E-state index contributed by atoms with van der Waals surface area (Å²) in [6, 6.07) is 5.23. The number of hydrogen-bond donors (Lipinski definition) is 1. The lowest BCUT2D eigenvalue weighted by atomic mass is 10.1. The Morgan fingerprint density at radius 1 is 1.21 bits per heavy atom. The summed E-state index contributed by atoms with van der Waals surface area (Å²) in [4.78, 5) is 40.8. The average Bonchev–Trinajstić information content (AvgIpc) is 3.48. The van der Waals surface area contributed by atoms with Crippen molar-refractivity contribution >= 4 is 50.7 Å². The van der Waals surface area contributed by atoms with E-state index in [0.717, 1.165) is 17.4 Å². The van der Waals surface area contributed by atoms with Crippen LogP contribution in [0.2, 0.25) is 0 Å². The van der Waals surface area contributed by atoms with E-state index in [1.807, 2.05) is 0 Å². The minimum absolute atomic E-state index is 0.00926. The van der Waals surface area contributed by atoms with E-state index < -0.39 is 17.8 Å². The molecule has 13 heteroatoms. The number of aryl methyl sites for hydroxylation is 1. The molecule has 1 aliphatic carbocycles. The maximum atomic E-state index is 13.9. The fourth-order valence-electron chi connectivity index (χ4n) is 4.19. The quantitative estimate of drug-likeness (QED) is 0.323. The lowest BCUT2D eigenvalue weighted by molar-refractivity contribution is 0.0598. The molecule has 198 valence electrons. The molecular weight excluding hydrogens is 558 g/mol. The van der Waals surface area contributed by atoms with Crippen LogP contribution in [-0.2, 0) is 11.8 Å². The van der Waals surface area contributed by atoms with Gasteiger partial charge in [-0.05, 0) is 61.7 Å². The first-order valence-corrected chi connectivity index (χ1v) is 12.7. The molecule has 0 radical (unpaired) electrons. The number of imidazole rings is 1. The Morgan fingerprint density at radius 2 is 1.95 bits per heavy atom. The smallest absolute Gasteiger partial charge is 0.419 e. The molecule has 12 nitrogen and oxygen atoms in total. The lowest BCUT2D eigenvalue weighted by Crippen LogP contribution is -2.34. The summed E-state index contributed by atoms with van der Waals surface area (Å²) in [6.07, 6.45) is 2.76. The Hall–Kier alpha value is -4.00. The van der Waals surface area contributed by atoms with Crippen LogP contribution >= 0.6 is 15.9 Å². The van der Waals surface area contributed by atoms with Crippen LogP contribution in [0.1, 0.15) is 45.4 Å². The number of rotatable bonds is 5. The summed E-state index contributed by atoms with van der Waals surface area (Å²) in [7, 11) is 3.24. The van der Waals surface area contributed by atoms with Crippen LogP contribution in [0, 0.1) is 0 Å². The Morgan fingerprint density at radius 3 is 2.53 bits per heavy atom. The summed E-state index contributed by atoms with van der Waals surface area (Å²) in [5.74, 6) is 1.12. The Bertz CT molecular complexity index is 1570. The van der Waals surface area contributed by atoms with E-state index in [1.54, 1.807) is 57.0 Å². The molecule has 0 unspecified atom stereocenters. The summed E-state index contributed by atoms with van der Waals surface area (Å²) in [5, 5.41) is 14.4. The predicted molar refractivity (Wildman–Crippen MR) is 142 cm³/mol. The second-order valence-electron chi connectivity index (χ2n) is 9.90. The van der Waals surface area contributed by atoms with E-state index in [2.05, 4.69) is 31.0 Å². The van der Waals surface area contributed by atoms with E-state index in [0.29, 0.717) is 33.1 Å². The van der Waals surface area contributed by atoms with Crippen molar-refractivity contribution < 1.29 is 24.2 Å². The Kier molecular flexibility index (Phi) is 6.33. The Balaban J connectivity index is 1.80. The zero-order valence-corrected chi connectivity index (χ0v) is 23.1. The fraction of sp³-hybridized carbons (Fsp3) is 0.360. The highest BCUT2D eigenvalue weighted by Crippen LogP contribution is 2.47. The maximum Gasteiger partial charge on any atom is 0.419 e. The van der Waals surface area contributed by atoms with Crippen molar-refractivity contribution in [1.82, 2.24) is 29.3 Å². The number of fused-ring (bicyclic) bond motifs is 1. The summed E-state index contributed by atoms with van der Waals surface area (Å²) < 4.78 is 14.7. The molecule has 3 aromatic heterocycles. The first-order chi connectivity index (χ1) is 18.0. The van der Waals surface area contributed by atoms with Gasteiger partial charge < -0.3 is 14.6 Å². The van der Waals surface area contributed by atoms with Gasteiger partial charge in [0.2, 0.25) is 0 Å². The fourth-order valence-corrected chi connectivity index (χ4v) is 4.65. The van der Waals surface area contributed by atoms with Crippen LogP contribution in [0.5, 0.6) is 5.75 Å². The molecule has 4 aromatic rings. The van der Waals surface area contributed by atoms with Crippen LogP contribution in [0.15, 0.2) is 35.2 Å². The third-order valence-corrected chi connectivity index (χ3v) is 6.42. The molecule has 1 amide bonds. The predicted octanol–water partition coefficient (Wildman–Crippen LogP) is 5.47. The molecule has 0 bridgehead atoms. The third kappa shape index (κ3) is 4.57. The van der Waals surface area contributed by atoms with E-state index >= 15 is 0 Å². The minimum atomic E-state index is -1.19. The largest absolute Gasteiger partial charge is 0.494 e. The normalized spacial score (nSPS) is 13.5. The highest BCUT2D eigenvalue weighted by Gasteiger charge is 2.36. The molecule has 0 spiro atoms. The number of carboxylic acid groups (broad SMARTS) is 1. The van der Waals surface area contributed by atoms with E-state index in [1.165, 1.54) is 18.2 Å². The molecule has 1 aromatic carbocycles. The van der Waals surface area contributed by atoms with Gasteiger partial charge in [-0.15, -0.1) is 0 Å². The van der Waals surface area contributed by atoms with Gasteiger partial charge in [0.15, 0.2) is 17.2 Å². The number of amides is 1. The minimum Gasteiger partial charge on any atom is -0.494 e. The molecule has 1 N–H and O–H groups in total. The van der Waals surface area contributed by atoms with Gasteiger partial charge in [-0.2, -0.15) is 5.10 Å². The number of para-hydroxylation sites is 1. The van der Waals surface area contributed by atoms with Crippen molar-refractivity contribution in [2.24, 2.45) is 7.05 Å². The molecular formula is C25H26BrN7O5. The van der Waals surface area contributed by atoms with Crippen LogP contribution in [0.25, 0.3) is 22.6 Å². The number of aromatic nitrogens is 6. The van der Waals surface area contributed by atoms with E-state index in [-0.39, 0.29) is 22.8 Å². The first-order valence-electron chi connectivity index (χ1n) is 11.9. The molecule has 1 fully saturated rings. The van der Waals surface area contributed by atoms with Crippen LogP contribution in [0.3, 0.4) is 0 Å². The highest BCUT2D eigenvalue weighted by molar-refractivity contribution is 9.10. The molecule has 1 saturated carbocycles. The van der Waals surface area contributed by atoms with E-state index in [4.69, 9.17) is 14.5 Å². The number of methoxy groups -OCH3 is 1. The molecule has 0 atom stereocenters. The zero-order valence-electron chi connectivity index (χ0n) is 21.5. The van der Waals surface area contributed by atoms with Gasteiger partial charge in [-0.3, -0.25) is 4.68 Å². The number of benzene rings is 1. The number of ether oxygens (including phenoxy) is 2. The number of nitrogens with zero attached hydrogens (tertiary/aromatic N) is 7. The van der Waals surface area contributed by atoms with Crippen molar-refractivity contribution in [2.75, 3.05) is 12.0 Å². The van der Waals surface area contributed by atoms with Crippen molar-refractivity contribution in [3.63, 3.8) is 0 Å². The highest BCUT2D eigenvalue weighted by atomic mass is 79.9. The number of pyridine rings is 1. The average molecular weight is 584 g/mol. The van der Waals surface area contributed by atoms with E-state index in [9.17, 15) is 14.7 Å². The molecule has 38 heavy (non-hydrogen) atoms. The van der Waals surface area contributed by atoms with Crippen LogP contribution in [-0.4, -0.2) is 59.3 Å². The zero-order chi connectivity index (χ0) is 27.4. The summed E-state index contributed by atoms with van der Waals surface area (Å²) in [6.45, 7) is 5.28. The van der Waals surface area contributed by atoms with Crippen molar-refractivity contribution in [3.8, 4) is 17.1 Å². The second kappa shape index (κ2) is 9.39. The van der Waals surface area contributed by atoms with Gasteiger partial charge in [0, 0.05) is 19.2 Å². The molecule has 0 aliphatic heterocycles. The molecule has 5 rings (SSSR count). The maximum absolute atomic E-state index is 13.9. The topological polar surface area (TPSA) is 137 Å². The van der Waals surface area contributed by atoms with Gasteiger partial charge in [-0.1, -0.05) is 6.07 Å². The van der Waals surface area contributed by atoms with Crippen molar-refractivity contribution in [3.05, 3.63) is 41.0 Å². The molecule has 3 heterocycles. The lowest BCUT2D eigenvalue weighted by Gasteiger charge is -2.29. The number of carbonyl (C=O) groups excluding carboxylic acids is 1. The van der Waals surface area contributed by atoms with Crippen LogP contribution in [0.4, 0.5) is 21.0 Å². The molecule has 1 aliphatic rings. The number of carbonyl (C=O) groups is 2. The van der Waals surface area contributed by atoms with Gasteiger partial charge >= 0.3 is 12.2 Å². The van der Waals surface area contributed by atoms with Gasteiger partial charge in [0.25, 0.3) is 0 Å². The van der Waals surface area contributed by atoms with Gasteiger partial charge in [-0.25, -0.2) is 34.0 Å². The van der Waals surface area contributed by atoms with Crippen molar-refractivity contribution in [2.45, 2.75) is 45.1 Å².